The van der Waals surface area contributed by atoms with Crippen LogP contribution in [0, 0.1) is 25.2 Å². The summed E-state index contributed by atoms with van der Waals surface area (Å²) >= 11 is 0. The summed E-state index contributed by atoms with van der Waals surface area (Å²) in [6, 6.07) is 10.2. The smallest absolute Gasteiger partial charge is 0.0991 e. The average Bonchev–Trinajstić information content (AvgIpc) is 2.38. The van der Waals surface area contributed by atoms with Crippen LogP contribution in [0.5, 0.6) is 0 Å². The lowest BCUT2D eigenvalue weighted by Crippen LogP contribution is -1.97. The molecule has 0 fully saturated rings. The van der Waals surface area contributed by atoms with E-state index in [2.05, 4.69) is 37.9 Å². The molecule has 0 radical (unpaired) electrons. The Kier molecular flexibility index (Phi) is 3.66. The first-order valence-corrected chi connectivity index (χ1v) is 6.50. The number of nitrogens with zero attached hydrogens (tertiary/aromatic N) is 2. The quantitative estimate of drug-likeness (QED) is 0.794. The van der Waals surface area contributed by atoms with Crippen molar-refractivity contribution in [2.45, 2.75) is 33.6 Å². The van der Waals surface area contributed by atoms with Crippen LogP contribution in [0.3, 0.4) is 0 Å². The highest BCUT2D eigenvalue weighted by Crippen LogP contribution is 2.32. The van der Waals surface area contributed by atoms with Crippen LogP contribution in [0.1, 0.15) is 42.1 Å². The van der Waals surface area contributed by atoms with Crippen molar-refractivity contribution in [3.05, 3.63) is 52.8 Å². The number of pyridine rings is 1. The molecule has 0 saturated heterocycles. The average molecular weight is 250 g/mol. The molecule has 2 rings (SSSR count). The molecule has 0 aliphatic heterocycles. The maximum absolute atomic E-state index is 9.07. The SMILES string of the molecule is Cc1cc(-c2cc(C#N)ccc2C)c(C(C)C)cn1. The molecule has 1 aromatic carbocycles. The van der Waals surface area contributed by atoms with E-state index in [1.807, 2.05) is 31.3 Å². The van der Waals surface area contributed by atoms with E-state index in [4.69, 9.17) is 5.26 Å². The Morgan fingerprint density at radius 3 is 2.47 bits per heavy atom. The summed E-state index contributed by atoms with van der Waals surface area (Å²) in [5.41, 5.74) is 6.44. The second-order valence-corrected chi connectivity index (χ2v) is 5.21. The largest absolute Gasteiger partial charge is 0.261 e. The summed E-state index contributed by atoms with van der Waals surface area (Å²) in [5.74, 6) is 0.410. The molecule has 0 bridgehead atoms. The molecule has 1 aromatic heterocycles. The van der Waals surface area contributed by atoms with Crippen molar-refractivity contribution in [2.24, 2.45) is 0 Å². The molecule has 1 heterocycles. The highest BCUT2D eigenvalue weighted by atomic mass is 14.7. The van der Waals surface area contributed by atoms with Crippen LogP contribution in [-0.4, -0.2) is 4.98 Å². The molecule has 0 N–H and O–H groups in total. The van der Waals surface area contributed by atoms with E-state index in [-0.39, 0.29) is 0 Å². The number of aromatic nitrogens is 1. The number of hydrogen-bond acceptors (Lipinski definition) is 2. The molecule has 0 aliphatic rings. The fraction of sp³-hybridized carbons (Fsp3) is 0.294. The van der Waals surface area contributed by atoms with Gasteiger partial charge in [0.1, 0.15) is 0 Å². The lowest BCUT2D eigenvalue weighted by atomic mass is 9.90. The van der Waals surface area contributed by atoms with Crippen LogP contribution >= 0.6 is 0 Å². The van der Waals surface area contributed by atoms with E-state index in [1.54, 1.807) is 0 Å². The van der Waals surface area contributed by atoms with Crippen molar-refractivity contribution in [2.75, 3.05) is 0 Å². The molecule has 19 heavy (non-hydrogen) atoms. The highest BCUT2D eigenvalue weighted by molar-refractivity contribution is 5.72. The molecule has 96 valence electrons. The van der Waals surface area contributed by atoms with Gasteiger partial charge in [-0.25, -0.2) is 0 Å². The van der Waals surface area contributed by atoms with Gasteiger partial charge in [0, 0.05) is 11.9 Å². The molecular weight excluding hydrogens is 232 g/mol. The molecule has 2 aromatic rings. The first-order chi connectivity index (χ1) is 9.02. The third-order valence-corrected chi connectivity index (χ3v) is 3.35. The lowest BCUT2D eigenvalue weighted by Gasteiger charge is -2.15. The predicted octanol–water partition coefficient (Wildman–Crippen LogP) is 4.36. The zero-order valence-corrected chi connectivity index (χ0v) is 11.9. The third-order valence-electron chi connectivity index (χ3n) is 3.35. The first kappa shape index (κ1) is 13.3. The van der Waals surface area contributed by atoms with Crippen LogP contribution in [0.4, 0.5) is 0 Å². The van der Waals surface area contributed by atoms with Gasteiger partial charge in [0.25, 0.3) is 0 Å². The normalized spacial score (nSPS) is 10.5. The molecule has 0 saturated carbocycles. The number of benzene rings is 1. The topological polar surface area (TPSA) is 36.7 Å². The van der Waals surface area contributed by atoms with Gasteiger partial charge < -0.3 is 0 Å². The van der Waals surface area contributed by atoms with E-state index in [9.17, 15) is 0 Å². The van der Waals surface area contributed by atoms with Gasteiger partial charge in [-0.2, -0.15) is 5.26 Å². The molecule has 0 unspecified atom stereocenters. The Morgan fingerprint density at radius 2 is 1.84 bits per heavy atom. The molecule has 0 amide bonds. The Bertz CT molecular complexity index is 649. The molecule has 2 nitrogen and oxygen atoms in total. The number of aryl methyl sites for hydroxylation is 2. The summed E-state index contributed by atoms with van der Waals surface area (Å²) in [6.07, 6.45) is 1.95. The highest BCUT2D eigenvalue weighted by Gasteiger charge is 2.12. The van der Waals surface area contributed by atoms with Crippen molar-refractivity contribution in [1.29, 1.82) is 5.26 Å². The molecule has 0 spiro atoms. The van der Waals surface area contributed by atoms with Gasteiger partial charge >= 0.3 is 0 Å². The Hall–Kier alpha value is -2.14. The summed E-state index contributed by atoms with van der Waals surface area (Å²) in [4.78, 5) is 4.39. The Balaban J connectivity index is 2.71. The van der Waals surface area contributed by atoms with E-state index in [0.717, 1.165) is 11.3 Å². The maximum atomic E-state index is 9.07. The van der Waals surface area contributed by atoms with Gasteiger partial charge in [-0.3, -0.25) is 4.98 Å². The summed E-state index contributed by atoms with van der Waals surface area (Å²) in [6.45, 7) is 8.41. The summed E-state index contributed by atoms with van der Waals surface area (Å²) in [5, 5.41) is 9.07. The lowest BCUT2D eigenvalue weighted by molar-refractivity contribution is 0.858. The zero-order valence-electron chi connectivity index (χ0n) is 11.9. The molecule has 2 heteroatoms. The van der Waals surface area contributed by atoms with Crippen LogP contribution in [0.15, 0.2) is 30.5 Å². The van der Waals surface area contributed by atoms with Crippen LogP contribution < -0.4 is 0 Å². The summed E-state index contributed by atoms with van der Waals surface area (Å²) in [7, 11) is 0. The van der Waals surface area contributed by atoms with Gasteiger partial charge in [0.05, 0.1) is 11.6 Å². The van der Waals surface area contributed by atoms with Gasteiger partial charge in [-0.1, -0.05) is 19.9 Å². The minimum Gasteiger partial charge on any atom is -0.261 e. The van der Waals surface area contributed by atoms with Gasteiger partial charge in [-0.05, 0) is 60.2 Å². The minimum atomic E-state index is 0.410. The van der Waals surface area contributed by atoms with Crippen LogP contribution in [0.2, 0.25) is 0 Å². The zero-order chi connectivity index (χ0) is 14.0. The van der Waals surface area contributed by atoms with Crippen molar-refractivity contribution in [1.82, 2.24) is 4.98 Å². The Labute approximate surface area is 114 Å². The first-order valence-electron chi connectivity index (χ1n) is 6.50. The van der Waals surface area contributed by atoms with E-state index < -0.39 is 0 Å². The third kappa shape index (κ3) is 2.66. The second kappa shape index (κ2) is 5.24. The van der Waals surface area contributed by atoms with E-state index >= 15 is 0 Å². The van der Waals surface area contributed by atoms with Gasteiger partial charge in [0.15, 0.2) is 0 Å². The maximum Gasteiger partial charge on any atom is 0.0991 e. The van der Waals surface area contributed by atoms with Crippen LogP contribution in [-0.2, 0) is 0 Å². The minimum absolute atomic E-state index is 0.410. The standard InChI is InChI=1S/C17H18N2/c1-11(2)17-10-19-13(4)7-16(17)15-8-14(9-18)6-5-12(15)3/h5-8,10-11H,1-4H3. The molecule has 0 atom stereocenters. The number of hydrogen-bond donors (Lipinski definition) is 0. The molecule has 0 aliphatic carbocycles. The summed E-state index contributed by atoms with van der Waals surface area (Å²) < 4.78 is 0. The van der Waals surface area contributed by atoms with E-state index in [0.29, 0.717) is 11.5 Å². The van der Waals surface area contributed by atoms with Crippen molar-refractivity contribution >= 4 is 0 Å². The second-order valence-electron chi connectivity index (χ2n) is 5.21. The van der Waals surface area contributed by atoms with Crippen molar-refractivity contribution in [3.8, 4) is 17.2 Å². The van der Waals surface area contributed by atoms with Crippen LogP contribution in [0.25, 0.3) is 11.1 Å². The van der Waals surface area contributed by atoms with E-state index in [1.165, 1.54) is 16.7 Å². The van der Waals surface area contributed by atoms with Crippen molar-refractivity contribution in [3.63, 3.8) is 0 Å². The van der Waals surface area contributed by atoms with Gasteiger partial charge in [0.2, 0.25) is 0 Å². The monoisotopic (exact) mass is 250 g/mol. The van der Waals surface area contributed by atoms with Gasteiger partial charge in [-0.15, -0.1) is 0 Å². The fourth-order valence-corrected chi connectivity index (χ4v) is 2.25. The number of rotatable bonds is 2. The van der Waals surface area contributed by atoms with Crippen molar-refractivity contribution < 1.29 is 0 Å². The fourth-order valence-electron chi connectivity index (χ4n) is 2.25. The number of nitriles is 1. The Morgan fingerprint density at radius 1 is 1.11 bits per heavy atom. The predicted molar refractivity (Wildman–Crippen MR) is 78.0 cm³/mol. The molecular formula is C17H18N2.